The summed E-state index contributed by atoms with van der Waals surface area (Å²) in [5.41, 5.74) is 7.45. The number of hydrogen-bond acceptors (Lipinski definition) is 5. The average Bonchev–Trinajstić information content (AvgIpc) is 3.72. The van der Waals surface area contributed by atoms with Gasteiger partial charge in [-0.3, -0.25) is 14.4 Å². The normalized spacial score (nSPS) is 24.1. The first-order valence-corrected chi connectivity index (χ1v) is 12.1. The number of fused-ring (bicyclic) bond motifs is 1. The van der Waals surface area contributed by atoms with Crippen molar-refractivity contribution in [1.82, 2.24) is 5.32 Å². The molecule has 168 valence electrons. The minimum atomic E-state index is -0.114. The summed E-state index contributed by atoms with van der Waals surface area (Å²) >= 11 is 1.28. The van der Waals surface area contributed by atoms with Crippen LogP contribution < -0.4 is 20.9 Å². The lowest BCUT2D eigenvalue weighted by Crippen LogP contribution is -2.45. The first kappa shape index (κ1) is 21.0. The quantitative estimate of drug-likeness (QED) is 0.675. The maximum Gasteiger partial charge on any atom is 0.261 e. The molecule has 0 bridgehead atoms. The summed E-state index contributed by atoms with van der Waals surface area (Å²) in [4.78, 5) is 42.1. The molecule has 7 nitrogen and oxygen atoms in total. The molecule has 3 fully saturated rings. The number of benzene rings is 1. The van der Waals surface area contributed by atoms with Crippen LogP contribution in [0.4, 0.5) is 16.4 Å². The molecular formula is C24H28N4O3S. The van der Waals surface area contributed by atoms with Crippen LogP contribution in [0, 0.1) is 23.7 Å². The van der Waals surface area contributed by atoms with Crippen molar-refractivity contribution in [2.75, 3.05) is 35.2 Å². The van der Waals surface area contributed by atoms with E-state index in [0.717, 1.165) is 30.6 Å². The van der Waals surface area contributed by atoms with Gasteiger partial charge in [0.1, 0.15) is 0 Å². The maximum absolute atomic E-state index is 12.9. The Morgan fingerprint density at radius 2 is 1.94 bits per heavy atom. The zero-order valence-electron chi connectivity index (χ0n) is 18.1. The van der Waals surface area contributed by atoms with Crippen molar-refractivity contribution in [2.24, 2.45) is 23.7 Å². The number of piperidine rings is 1. The highest BCUT2D eigenvalue weighted by molar-refractivity contribution is 7.17. The number of nitrogens with zero attached hydrogens (tertiary/aromatic N) is 2. The second kappa shape index (κ2) is 8.24. The van der Waals surface area contributed by atoms with Gasteiger partial charge >= 0.3 is 0 Å². The topological polar surface area (TPSA) is 95.7 Å². The number of nitrogens with two attached hydrogens (primary N) is 1. The van der Waals surface area contributed by atoms with Crippen molar-refractivity contribution in [3.05, 3.63) is 41.3 Å². The van der Waals surface area contributed by atoms with Crippen molar-refractivity contribution in [3.63, 3.8) is 0 Å². The van der Waals surface area contributed by atoms with Gasteiger partial charge in [-0.25, -0.2) is 0 Å². The highest BCUT2D eigenvalue weighted by Crippen LogP contribution is 2.50. The van der Waals surface area contributed by atoms with Gasteiger partial charge in [0.25, 0.3) is 5.91 Å². The minimum absolute atomic E-state index is 0.0475. The summed E-state index contributed by atoms with van der Waals surface area (Å²) in [5, 5.41) is 3.64. The first-order chi connectivity index (χ1) is 15.5. The van der Waals surface area contributed by atoms with Crippen LogP contribution >= 0.6 is 11.3 Å². The Bertz CT molecular complexity index is 1050. The molecule has 2 aliphatic carbocycles. The monoisotopic (exact) mass is 452 g/mol. The number of anilines is 3. The van der Waals surface area contributed by atoms with Gasteiger partial charge in [-0.2, -0.15) is 0 Å². The van der Waals surface area contributed by atoms with Crippen LogP contribution in [0.5, 0.6) is 0 Å². The molecule has 2 saturated carbocycles. The molecule has 0 spiro atoms. The van der Waals surface area contributed by atoms with Crippen molar-refractivity contribution < 1.29 is 14.4 Å². The Morgan fingerprint density at radius 1 is 1.19 bits per heavy atom. The number of hydrogen-bond donors (Lipinski definition) is 2. The largest absolute Gasteiger partial charge is 0.391 e. The Labute approximate surface area is 191 Å². The smallest absolute Gasteiger partial charge is 0.261 e. The molecule has 2 heterocycles. The van der Waals surface area contributed by atoms with Crippen molar-refractivity contribution in [1.29, 1.82) is 0 Å². The van der Waals surface area contributed by atoms with E-state index in [2.05, 4.69) is 5.32 Å². The van der Waals surface area contributed by atoms with Gasteiger partial charge in [0.05, 0.1) is 9.88 Å². The van der Waals surface area contributed by atoms with Crippen molar-refractivity contribution >= 4 is 45.4 Å². The van der Waals surface area contributed by atoms with E-state index in [-0.39, 0.29) is 35.5 Å². The number of nitrogen functional groups attached to an aromatic ring is 1. The van der Waals surface area contributed by atoms with Gasteiger partial charge in [0, 0.05) is 42.8 Å². The molecular weight excluding hydrogens is 424 g/mol. The summed E-state index contributed by atoms with van der Waals surface area (Å²) in [7, 11) is 0. The van der Waals surface area contributed by atoms with Gasteiger partial charge in [0.2, 0.25) is 11.8 Å². The van der Waals surface area contributed by atoms with E-state index >= 15 is 0 Å². The molecule has 3 atom stereocenters. The van der Waals surface area contributed by atoms with Gasteiger partial charge in [-0.1, -0.05) is 0 Å². The summed E-state index contributed by atoms with van der Waals surface area (Å²) in [6.45, 7) is 3.75. The number of amides is 3. The van der Waals surface area contributed by atoms with E-state index in [1.807, 2.05) is 41.0 Å². The second-order valence-electron chi connectivity index (χ2n) is 9.00. The third-order valence-electron chi connectivity index (χ3n) is 6.80. The number of thiophene rings is 1. The SMILES string of the molecule is CCN(C(=O)C1CC1)c1ccc(N2C[C@H](CNC(=O)c3ccc(N)s3)[C@@H]3CC3C2=O)cc1. The van der Waals surface area contributed by atoms with Crippen LogP contribution in [-0.4, -0.2) is 37.4 Å². The third kappa shape index (κ3) is 3.99. The van der Waals surface area contributed by atoms with Crippen molar-refractivity contribution in [2.45, 2.75) is 26.2 Å². The van der Waals surface area contributed by atoms with E-state index in [4.69, 9.17) is 5.73 Å². The van der Waals surface area contributed by atoms with E-state index in [1.165, 1.54) is 11.3 Å². The van der Waals surface area contributed by atoms with Gasteiger partial charge in [-0.05, 0) is 74.4 Å². The van der Waals surface area contributed by atoms with E-state index in [1.54, 1.807) is 12.1 Å². The number of carbonyl (C=O) groups is 3. The molecule has 3 aliphatic rings. The fourth-order valence-corrected chi connectivity index (χ4v) is 5.43. The molecule has 32 heavy (non-hydrogen) atoms. The zero-order chi connectivity index (χ0) is 22.4. The highest BCUT2D eigenvalue weighted by Gasteiger charge is 2.53. The highest BCUT2D eigenvalue weighted by atomic mass is 32.1. The number of rotatable bonds is 7. The fourth-order valence-electron chi connectivity index (χ4n) is 4.74. The maximum atomic E-state index is 12.9. The fraction of sp³-hybridized carbons (Fsp3) is 0.458. The van der Waals surface area contributed by atoms with Crippen LogP contribution in [0.1, 0.15) is 35.9 Å². The number of carbonyl (C=O) groups excluding carboxylic acids is 3. The molecule has 1 saturated heterocycles. The summed E-state index contributed by atoms with van der Waals surface area (Å²) in [6.07, 6.45) is 2.85. The molecule has 3 N–H and O–H groups in total. The van der Waals surface area contributed by atoms with E-state index < -0.39 is 0 Å². The number of nitrogens with one attached hydrogen (secondary N) is 1. The molecule has 8 heteroatoms. The third-order valence-corrected chi connectivity index (χ3v) is 7.72. The van der Waals surface area contributed by atoms with E-state index in [9.17, 15) is 14.4 Å². The molecule has 1 aromatic heterocycles. The molecule has 0 radical (unpaired) electrons. The van der Waals surface area contributed by atoms with Gasteiger partial charge in [0.15, 0.2) is 0 Å². The molecule has 3 amide bonds. The molecule has 1 aliphatic heterocycles. The predicted molar refractivity (Wildman–Crippen MR) is 126 cm³/mol. The van der Waals surface area contributed by atoms with Gasteiger partial charge in [-0.15, -0.1) is 11.3 Å². The van der Waals surface area contributed by atoms with Crippen LogP contribution in [-0.2, 0) is 9.59 Å². The van der Waals surface area contributed by atoms with Crippen LogP contribution in [0.25, 0.3) is 0 Å². The summed E-state index contributed by atoms with van der Waals surface area (Å²) in [5.74, 6) is 1.03. The van der Waals surface area contributed by atoms with Gasteiger partial charge < -0.3 is 20.9 Å². The predicted octanol–water partition coefficient (Wildman–Crippen LogP) is 3.12. The van der Waals surface area contributed by atoms with Crippen LogP contribution in [0.15, 0.2) is 36.4 Å². The van der Waals surface area contributed by atoms with Crippen LogP contribution in [0.3, 0.4) is 0 Å². The second-order valence-corrected chi connectivity index (χ2v) is 10.1. The molecule has 1 unspecified atom stereocenters. The standard InChI is InChI=1S/C24H28N4O3S/c1-2-27(23(30)14-3-4-14)16-5-7-17(8-6-16)28-13-15(18-11-19(18)24(28)31)12-26-22(29)20-9-10-21(25)32-20/h5-10,14-15,18-19H,2-4,11-13,25H2,1H3,(H,26,29)/t15-,18-,19?/m0/s1. The minimum Gasteiger partial charge on any atom is -0.391 e. The molecule has 2 aromatic rings. The average molecular weight is 453 g/mol. The molecule has 1 aromatic carbocycles. The summed E-state index contributed by atoms with van der Waals surface area (Å²) < 4.78 is 0. The lowest BCUT2D eigenvalue weighted by Gasteiger charge is -2.33. The summed E-state index contributed by atoms with van der Waals surface area (Å²) in [6, 6.07) is 11.2. The van der Waals surface area contributed by atoms with E-state index in [0.29, 0.717) is 35.4 Å². The first-order valence-electron chi connectivity index (χ1n) is 11.3. The Balaban J connectivity index is 1.25. The van der Waals surface area contributed by atoms with Crippen LogP contribution in [0.2, 0.25) is 0 Å². The zero-order valence-corrected chi connectivity index (χ0v) is 18.9. The Hall–Kier alpha value is -2.87. The van der Waals surface area contributed by atoms with Crippen molar-refractivity contribution in [3.8, 4) is 0 Å². The lowest BCUT2D eigenvalue weighted by molar-refractivity contribution is -0.121. The Kier molecular flexibility index (Phi) is 5.41. The lowest BCUT2D eigenvalue weighted by atomic mass is 9.96. The Morgan fingerprint density at radius 3 is 2.56 bits per heavy atom. The molecule has 5 rings (SSSR count).